The van der Waals surface area contributed by atoms with E-state index in [1.54, 1.807) is 11.1 Å². The molecular weight excluding hydrogens is 405 g/mol. The van der Waals surface area contributed by atoms with Crippen molar-refractivity contribution in [2.45, 2.75) is 45.1 Å². The molecule has 8 heteroatoms. The van der Waals surface area contributed by atoms with Crippen LogP contribution in [-0.4, -0.2) is 58.3 Å². The van der Waals surface area contributed by atoms with Gasteiger partial charge in [-0.05, 0) is 48.2 Å². The van der Waals surface area contributed by atoms with Crippen LogP contribution in [0.15, 0.2) is 35.5 Å². The van der Waals surface area contributed by atoms with Gasteiger partial charge in [-0.3, -0.25) is 19.7 Å². The Hall–Kier alpha value is -2.74. The maximum atomic E-state index is 12.8. The van der Waals surface area contributed by atoms with Gasteiger partial charge < -0.3 is 4.90 Å². The molecule has 1 atom stereocenters. The summed E-state index contributed by atoms with van der Waals surface area (Å²) in [5.41, 5.74) is 7.14. The summed E-state index contributed by atoms with van der Waals surface area (Å²) < 4.78 is 38.2. The Morgan fingerprint density at radius 3 is 2.77 bits per heavy atom. The van der Waals surface area contributed by atoms with Crippen molar-refractivity contribution in [2.75, 3.05) is 19.6 Å². The molecule has 0 bridgehead atoms. The number of halogens is 3. The van der Waals surface area contributed by atoms with Crippen LogP contribution in [0.2, 0.25) is 0 Å². The van der Waals surface area contributed by atoms with Gasteiger partial charge in [-0.1, -0.05) is 6.07 Å². The Kier molecular flexibility index (Phi) is 4.84. The minimum atomic E-state index is -4.21. The number of aryl methyl sites for hydroxylation is 1. The van der Waals surface area contributed by atoms with E-state index >= 15 is 0 Å². The molecule has 3 aliphatic heterocycles. The number of likely N-dealkylation sites (tertiary alicyclic amines) is 1. The van der Waals surface area contributed by atoms with E-state index in [1.165, 1.54) is 4.90 Å². The molecule has 5 nitrogen and oxygen atoms in total. The number of carbonyl (C=O) groups excluding carboxylic acids is 1. The molecule has 0 spiro atoms. The molecule has 1 amide bonds. The van der Waals surface area contributed by atoms with Crippen molar-refractivity contribution in [3.05, 3.63) is 64.0 Å². The topological polar surface area (TPSA) is 48.8 Å². The molecule has 5 rings (SSSR count). The van der Waals surface area contributed by atoms with E-state index in [-0.39, 0.29) is 18.5 Å². The lowest BCUT2D eigenvalue weighted by atomic mass is 9.90. The van der Waals surface area contributed by atoms with Gasteiger partial charge in [0.15, 0.2) is 0 Å². The van der Waals surface area contributed by atoms with Crippen LogP contribution in [0, 0.1) is 6.92 Å². The molecular formula is C23H23F3N4O. The van der Waals surface area contributed by atoms with E-state index in [9.17, 15) is 18.0 Å². The van der Waals surface area contributed by atoms with E-state index < -0.39 is 12.7 Å². The predicted octanol–water partition coefficient (Wildman–Crippen LogP) is 3.26. The third-order valence-electron chi connectivity index (χ3n) is 6.35. The third-order valence-corrected chi connectivity index (χ3v) is 6.35. The zero-order valence-corrected chi connectivity index (χ0v) is 17.2. The first kappa shape index (κ1) is 20.2. The van der Waals surface area contributed by atoms with Gasteiger partial charge in [-0.25, -0.2) is 0 Å². The highest BCUT2D eigenvalue weighted by molar-refractivity contribution is 6.15. The fourth-order valence-electron chi connectivity index (χ4n) is 4.93. The summed E-state index contributed by atoms with van der Waals surface area (Å²) in [4.78, 5) is 25.0. The molecule has 4 heterocycles. The largest absolute Gasteiger partial charge is 0.401 e. The molecule has 2 aromatic rings. The van der Waals surface area contributed by atoms with Gasteiger partial charge in [0.25, 0.3) is 0 Å². The van der Waals surface area contributed by atoms with Crippen molar-refractivity contribution in [3.63, 3.8) is 0 Å². The van der Waals surface area contributed by atoms with E-state index in [2.05, 4.69) is 17.1 Å². The van der Waals surface area contributed by atoms with Gasteiger partial charge in [0, 0.05) is 48.7 Å². The lowest BCUT2D eigenvalue weighted by Gasteiger charge is -2.34. The van der Waals surface area contributed by atoms with Crippen molar-refractivity contribution in [2.24, 2.45) is 4.99 Å². The Labute approximate surface area is 178 Å². The van der Waals surface area contributed by atoms with E-state index in [0.29, 0.717) is 32.5 Å². The lowest BCUT2D eigenvalue weighted by Crippen LogP contribution is -2.45. The first-order valence-corrected chi connectivity index (χ1v) is 10.5. The summed E-state index contributed by atoms with van der Waals surface area (Å²) in [6, 6.07) is 7.98. The lowest BCUT2D eigenvalue weighted by molar-refractivity contribution is -0.144. The number of pyridine rings is 1. The second kappa shape index (κ2) is 7.44. The van der Waals surface area contributed by atoms with E-state index in [0.717, 1.165) is 39.2 Å². The Morgan fingerprint density at radius 2 is 2.00 bits per heavy atom. The zero-order valence-electron chi connectivity index (χ0n) is 17.2. The van der Waals surface area contributed by atoms with Crippen LogP contribution in [0.4, 0.5) is 13.2 Å². The van der Waals surface area contributed by atoms with Gasteiger partial charge in [-0.15, -0.1) is 0 Å². The van der Waals surface area contributed by atoms with Crippen molar-refractivity contribution in [3.8, 4) is 0 Å². The molecule has 0 N–H and O–H groups in total. The molecule has 31 heavy (non-hydrogen) atoms. The van der Waals surface area contributed by atoms with Crippen LogP contribution in [0.25, 0.3) is 0 Å². The second-order valence-corrected chi connectivity index (χ2v) is 8.62. The average Bonchev–Trinajstić information content (AvgIpc) is 3.31. The molecule has 1 aromatic heterocycles. The summed E-state index contributed by atoms with van der Waals surface area (Å²) in [5, 5.41) is 0. The summed E-state index contributed by atoms with van der Waals surface area (Å²) in [6.45, 7) is 2.69. The highest BCUT2D eigenvalue weighted by atomic mass is 19.4. The smallest absolute Gasteiger partial charge is 0.334 e. The predicted molar refractivity (Wildman–Crippen MR) is 110 cm³/mol. The normalized spacial score (nSPS) is 21.3. The number of benzene rings is 1. The highest BCUT2D eigenvalue weighted by Crippen LogP contribution is 2.32. The molecule has 3 aliphatic rings. The quantitative estimate of drug-likeness (QED) is 0.754. The van der Waals surface area contributed by atoms with Crippen LogP contribution in [0.3, 0.4) is 0 Å². The number of rotatable bonds is 3. The Bertz CT molecular complexity index is 1080. The van der Waals surface area contributed by atoms with Crippen molar-refractivity contribution >= 4 is 11.6 Å². The Morgan fingerprint density at radius 1 is 1.16 bits per heavy atom. The molecule has 1 saturated heterocycles. The van der Waals surface area contributed by atoms with Crippen LogP contribution in [0.1, 0.15) is 39.9 Å². The van der Waals surface area contributed by atoms with Crippen LogP contribution >= 0.6 is 0 Å². The maximum absolute atomic E-state index is 12.8. The van der Waals surface area contributed by atoms with Gasteiger partial charge in [-0.2, -0.15) is 13.2 Å². The van der Waals surface area contributed by atoms with E-state index in [1.807, 2.05) is 19.1 Å². The SMILES string of the molecule is Cc1cc(C2=NCc3cc4c(cc32)CN([C@@H]2CCN(CC(F)(F)F)C2)C(=O)C4)ccn1. The molecule has 0 aliphatic carbocycles. The van der Waals surface area contributed by atoms with E-state index in [4.69, 9.17) is 4.99 Å². The number of carbonyl (C=O) groups is 1. The third kappa shape index (κ3) is 3.96. The number of amides is 1. The van der Waals surface area contributed by atoms with Crippen molar-refractivity contribution in [1.29, 1.82) is 0 Å². The number of nitrogens with zero attached hydrogens (tertiary/aromatic N) is 4. The highest BCUT2D eigenvalue weighted by Gasteiger charge is 2.38. The number of hydrogen-bond donors (Lipinski definition) is 0. The fourth-order valence-corrected chi connectivity index (χ4v) is 4.93. The molecule has 162 valence electrons. The number of hydrogen-bond acceptors (Lipinski definition) is 4. The van der Waals surface area contributed by atoms with Gasteiger partial charge >= 0.3 is 6.18 Å². The molecule has 0 radical (unpaired) electrons. The first-order valence-electron chi connectivity index (χ1n) is 10.5. The monoisotopic (exact) mass is 428 g/mol. The zero-order chi connectivity index (χ0) is 21.8. The van der Waals surface area contributed by atoms with Crippen molar-refractivity contribution < 1.29 is 18.0 Å². The number of aromatic nitrogens is 1. The first-order chi connectivity index (χ1) is 14.8. The molecule has 1 fully saturated rings. The standard InChI is InChI=1S/C23H23F3N4O/c1-14-6-15(2-4-27-14)22-20-8-18-11-30(19-3-5-29(12-19)13-23(24,25)26)21(31)9-16(18)7-17(20)10-28-22/h2,4,6-8,19H,3,5,9-13H2,1H3/t19-/m1/s1. The number of alkyl halides is 3. The van der Waals surface area contributed by atoms with Crippen LogP contribution < -0.4 is 0 Å². The minimum Gasteiger partial charge on any atom is -0.334 e. The van der Waals surface area contributed by atoms with Gasteiger partial charge in [0.1, 0.15) is 0 Å². The summed E-state index contributed by atoms with van der Waals surface area (Å²) in [5.74, 6) is -0.00444. The summed E-state index contributed by atoms with van der Waals surface area (Å²) >= 11 is 0. The average molecular weight is 428 g/mol. The summed E-state index contributed by atoms with van der Waals surface area (Å²) in [7, 11) is 0. The molecule has 0 unspecified atom stereocenters. The number of fused-ring (bicyclic) bond motifs is 2. The Balaban J connectivity index is 1.38. The molecule has 0 saturated carbocycles. The van der Waals surface area contributed by atoms with Crippen LogP contribution in [0.5, 0.6) is 0 Å². The van der Waals surface area contributed by atoms with Crippen molar-refractivity contribution in [1.82, 2.24) is 14.8 Å². The maximum Gasteiger partial charge on any atom is 0.401 e. The fraction of sp³-hybridized carbons (Fsp3) is 0.435. The summed E-state index contributed by atoms with van der Waals surface area (Å²) in [6.07, 6.45) is -1.57. The minimum absolute atomic E-state index is 0.00444. The van der Waals surface area contributed by atoms with Crippen LogP contribution in [-0.2, 0) is 24.3 Å². The second-order valence-electron chi connectivity index (χ2n) is 8.62. The van der Waals surface area contributed by atoms with Gasteiger partial charge in [0.2, 0.25) is 5.91 Å². The molecule has 1 aromatic carbocycles. The van der Waals surface area contributed by atoms with Gasteiger partial charge in [0.05, 0.1) is 25.2 Å². The number of aliphatic imine (C=N–C) groups is 1.